The number of aromatic nitrogens is 2. The molecule has 0 radical (unpaired) electrons. The number of thiophene rings is 1. The van der Waals surface area contributed by atoms with Crippen molar-refractivity contribution in [3.8, 4) is 0 Å². The second-order valence-corrected chi connectivity index (χ2v) is 7.59. The van der Waals surface area contributed by atoms with E-state index >= 15 is 0 Å². The number of hydrogen-bond donors (Lipinski definition) is 1. The third kappa shape index (κ3) is 3.20. The van der Waals surface area contributed by atoms with Crippen LogP contribution in [0.2, 0.25) is 4.34 Å². The van der Waals surface area contributed by atoms with E-state index in [1.165, 1.54) is 10.4 Å². The van der Waals surface area contributed by atoms with Crippen LogP contribution in [0.5, 0.6) is 0 Å². The molecule has 0 bridgehead atoms. The van der Waals surface area contributed by atoms with Crippen molar-refractivity contribution < 1.29 is 4.79 Å². The van der Waals surface area contributed by atoms with Gasteiger partial charge in [0.2, 0.25) is 5.91 Å². The number of rotatable bonds is 4. The zero-order chi connectivity index (χ0) is 15.7. The number of carbonyl (C=O) groups excluding carboxylic acids is 1. The van der Waals surface area contributed by atoms with Crippen molar-refractivity contribution in [1.29, 1.82) is 0 Å². The lowest BCUT2D eigenvalue weighted by Crippen LogP contribution is -2.30. The molecule has 0 saturated heterocycles. The van der Waals surface area contributed by atoms with E-state index in [1.54, 1.807) is 11.3 Å². The van der Waals surface area contributed by atoms with Gasteiger partial charge in [-0.15, -0.1) is 11.3 Å². The van der Waals surface area contributed by atoms with Gasteiger partial charge in [0.1, 0.15) is 0 Å². The summed E-state index contributed by atoms with van der Waals surface area (Å²) in [5, 5.41) is 7.38. The molecule has 0 saturated carbocycles. The van der Waals surface area contributed by atoms with E-state index < -0.39 is 0 Å². The van der Waals surface area contributed by atoms with Gasteiger partial charge in [-0.3, -0.25) is 9.48 Å². The summed E-state index contributed by atoms with van der Waals surface area (Å²) in [5.41, 5.74) is 3.48. The quantitative estimate of drug-likeness (QED) is 0.927. The Balaban J connectivity index is 1.59. The largest absolute Gasteiger partial charge is 0.349 e. The van der Waals surface area contributed by atoms with Crippen LogP contribution in [0.1, 0.15) is 47.0 Å². The first-order chi connectivity index (χ1) is 10.5. The van der Waals surface area contributed by atoms with Gasteiger partial charge in [-0.05, 0) is 49.8 Å². The summed E-state index contributed by atoms with van der Waals surface area (Å²) in [4.78, 5) is 13.6. The van der Waals surface area contributed by atoms with Gasteiger partial charge >= 0.3 is 0 Å². The van der Waals surface area contributed by atoms with Crippen LogP contribution in [-0.2, 0) is 24.7 Å². The first kappa shape index (κ1) is 15.6. The molecule has 1 aliphatic carbocycles. The minimum Gasteiger partial charge on any atom is -0.349 e. The van der Waals surface area contributed by atoms with Gasteiger partial charge in [-0.2, -0.15) is 5.10 Å². The maximum absolute atomic E-state index is 12.3. The van der Waals surface area contributed by atoms with E-state index in [0.717, 1.165) is 41.3 Å². The third-order valence-corrected chi connectivity index (χ3v) is 5.72. The Morgan fingerprint density at radius 2 is 2.41 bits per heavy atom. The average molecular weight is 338 g/mol. The monoisotopic (exact) mass is 337 g/mol. The number of amides is 1. The lowest BCUT2D eigenvalue weighted by Gasteiger charge is -2.23. The number of carbonyl (C=O) groups is 1. The van der Waals surface area contributed by atoms with Crippen LogP contribution in [0.15, 0.2) is 12.3 Å². The highest BCUT2D eigenvalue weighted by Gasteiger charge is 2.24. The molecule has 22 heavy (non-hydrogen) atoms. The summed E-state index contributed by atoms with van der Waals surface area (Å²) in [7, 11) is 1.92. The first-order valence-electron chi connectivity index (χ1n) is 7.59. The standard InChI is InChI=1S/C16H20ClN3OS/c1-10-11(9-18-20(10)2)6-7-16(21)19-13-4-3-5-14-12(13)8-15(17)22-14/h8-9,13H,3-7H2,1-2H3,(H,19,21)/t13-/m0/s1. The molecule has 2 aromatic heterocycles. The molecule has 0 spiro atoms. The lowest BCUT2D eigenvalue weighted by atomic mass is 9.94. The minimum atomic E-state index is 0.100. The Kier molecular flexibility index (Phi) is 4.54. The number of aryl methyl sites for hydroxylation is 3. The van der Waals surface area contributed by atoms with E-state index in [4.69, 9.17) is 11.6 Å². The summed E-state index contributed by atoms with van der Waals surface area (Å²) in [5.74, 6) is 0.100. The summed E-state index contributed by atoms with van der Waals surface area (Å²) in [6.45, 7) is 2.03. The zero-order valence-electron chi connectivity index (χ0n) is 12.9. The van der Waals surface area contributed by atoms with E-state index in [1.807, 2.05) is 30.9 Å². The Morgan fingerprint density at radius 1 is 1.59 bits per heavy atom. The van der Waals surface area contributed by atoms with Gasteiger partial charge < -0.3 is 5.32 Å². The SMILES string of the molecule is Cc1c(CCC(=O)N[C@H]2CCCc3sc(Cl)cc32)cnn1C. The van der Waals surface area contributed by atoms with Crippen LogP contribution in [0.3, 0.4) is 0 Å². The molecule has 2 aromatic rings. The molecule has 1 N–H and O–H groups in total. The van der Waals surface area contributed by atoms with Crippen LogP contribution in [0.4, 0.5) is 0 Å². The Morgan fingerprint density at radius 3 is 3.14 bits per heavy atom. The summed E-state index contributed by atoms with van der Waals surface area (Å²) in [6.07, 6.45) is 6.26. The molecule has 0 aromatic carbocycles. The lowest BCUT2D eigenvalue weighted by molar-refractivity contribution is -0.121. The van der Waals surface area contributed by atoms with Gasteiger partial charge in [-0.25, -0.2) is 0 Å². The van der Waals surface area contributed by atoms with Crippen LogP contribution in [-0.4, -0.2) is 15.7 Å². The fourth-order valence-corrected chi connectivity index (χ4v) is 4.36. The van der Waals surface area contributed by atoms with E-state index in [0.29, 0.717) is 6.42 Å². The first-order valence-corrected chi connectivity index (χ1v) is 8.79. The molecule has 0 fully saturated rings. The minimum absolute atomic E-state index is 0.100. The predicted octanol–water partition coefficient (Wildman–Crippen LogP) is 3.57. The molecule has 1 amide bonds. The van der Waals surface area contributed by atoms with Crippen molar-refractivity contribution >= 4 is 28.8 Å². The maximum atomic E-state index is 12.3. The second-order valence-electron chi connectivity index (χ2n) is 5.82. The van der Waals surface area contributed by atoms with Crippen molar-refractivity contribution in [3.05, 3.63) is 38.3 Å². The summed E-state index contributed by atoms with van der Waals surface area (Å²) >= 11 is 7.75. The van der Waals surface area contributed by atoms with Crippen LogP contribution < -0.4 is 5.32 Å². The fourth-order valence-electron chi connectivity index (χ4n) is 2.98. The molecule has 118 valence electrons. The molecule has 1 aliphatic rings. The number of fused-ring (bicyclic) bond motifs is 1. The van der Waals surface area contributed by atoms with Gasteiger partial charge in [0.05, 0.1) is 16.6 Å². The van der Waals surface area contributed by atoms with Crippen molar-refractivity contribution in [2.45, 2.75) is 45.1 Å². The van der Waals surface area contributed by atoms with Crippen LogP contribution in [0, 0.1) is 6.92 Å². The molecular formula is C16H20ClN3OS. The second kappa shape index (κ2) is 6.42. The maximum Gasteiger partial charge on any atom is 0.220 e. The predicted molar refractivity (Wildman–Crippen MR) is 89.4 cm³/mol. The molecule has 6 heteroatoms. The molecule has 4 nitrogen and oxygen atoms in total. The summed E-state index contributed by atoms with van der Waals surface area (Å²) < 4.78 is 2.66. The van der Waals surface area contributed by atoms with Crippen molar-refractivity contribution in [3.63, 3.8) is 0 Å². The fraction of sp³-hybridized carbons (Fsp3) is 0.500. The van der Waals surface area contributed by atoms with Gasteiger partial charge in [0, 0.05) is 24.0 Å². The molecule has 0 unspecified atom stereocenters. The topological polar surface area (TPSA) is 46.9 Å². The van der Waals surface area contributed by atoms with E-state index in [2.05, 4.69) is 10.4 Å². The smallest absolute Gasteiger partial charge is 0.220 e. The van der Waals surface area contributed by atoms with Gasteiger partial charge in [-0.1, -0.05) is 11.6 Å². The normalized spacial score (nSPS) is 17.3. The Bertz CT molecular complexity index is 692. The number of hydrogen-bond acceptors (Lipinski definition) is 3. The van der Waals surface area contributed by atoms with Gasteiger partial charge in [0.25, 0.3) is 0 Å². The number of halogens is 1. The van der Waals surface area contributed by atoms with Crippen molar-refractivity contribution in [2.24, 2.45) is 7.05 Å². The molecule has 2 heterocycles. The van der Waals surface area contributed by atoms with E-state index in [9.17, 15) is 4.79 Å². The molecular weight excluding hydrogens is 318 g/mol. The van der Waals surface area contributed by atoms with E-state index in [-0.39, 0.29) is 11.9 Å². The Labute approximate surface area is 139 Å². The molecule has 0 aliphatic heterocycles. The van der Waals surface area contributed by atoms with Crippen molar-refractivity contribution in [1.82, 2.24) is 15.1 Å². The number of nitrogens with zero attached hydrogens (tertiary/aromatic N) is 2. The summed E-state index contributed by atoms with van der Waals surface area (Å²) in [6, 6.07) is 2.13. The van der Waals surface area contributed by atoms with Crippen LogP contribution in [0.25, 0.3) is 0 Å². The highest BCUT2D eigenvalue weighted by atomic mass is 35.5. The van der Waals surface area contributed by atoms with Crippen molar-refractivity contribution in [2.75, 3.05) is 0 Å². The third-order valence-electron chi connectivity index (χ3n) is 4.38. The number of nitrogens with one attached hydrogen (secondary N) is 1. The van der Waals surface area contributed by atoms with Gasteiger partial charge in [0.15, 0.2) is 0 Å². The molecule has 1 atom stereocenters. The highest BCUT2D eigenvalue weighted by molar-refractivity contribution is 7.16. The average Bonchev–Trinajstić information content (AvgIpc) is 3.01. The Hall–Kier alpha value is -1.33. The molecule has 3 rings (SSSR count). The van der Waals surface area contributed by atoms with Crippen LogP contribution >= 0.6 is 22.9 Å². The zero-order valence-corrected chi connectivity index (χ0v) is 14.4. The highest BCUT2D eigenvalue weighted by Crippen LogP contribution is 2.37.